The smallest absolute Gasteiger partial charge is 0.410 e. The maximum Gasteiger partial charge on any atom is 0.410 e. The van der Waals surface area contributed by atoms with Crippen LogP contribution in [0.5, 0.6) is 5.75 Å². The summed E-state index contributed by atoms with van der Waals surface area (Å²) in [6.07, 6.45) is 2.22. The van der Waals surface area contributed by atoms with Crippen LogP contribution in [0.4, 0.5) is 20.1 Å². The van der Waals surface area contributed by atoms with Crippen molar-refractivity contribution in [2.45, 2.75) is 59.0 Å². The van der Waals surface area contributed by atoms with E-state index < -0.39 is 23.5 Å². The van der Waals surface area contributed by atoms with Gasteiger partial charge in [-0.15, -0.1) is 21.5 Å². The van der Waals surface area contributed by atoms with Crippen molar-refractivity contribution in [3.63, 3.8) is 0 Å². The average molecular weight is 644 g/mol. The number of hydrogen-bond donors (Lipinski definition) is 0. The first-order valence-corrected chi connectivity index (χ1v) is 15.3. The van der Waals surface area contributed by atoms with Crippen LogP contribution in [-0.2, 0) is 22.3 Å². The van der Waals surface area contributed by atoms with Gasteiger partial charge in [-0.25, -0.2) is 19.0 Å². The van der Waals surface area contributed by atoms with E-state index >= 15 is 0 Å². The molecule has 0 saturated carbocycles. The summed E-state index contributed by atoms with van der Waals surface area (Å²) < 4.78 is 30.7. The number of benzene rings is 1. The highest BCUT2D eigenvalue weighted by atomic mass is 35.5. The number of halogens is 2. The van der Waals surface area contributed by atoms with E-state index in [1.54, 1.807) is 33.9 Å². The third-order valence-corrected chi connectivity index (χ3v) is 8.11. The van der Waals surface area contributed by atoms with Gasteiger partial charge in [0.15, 0.2) is 33.4 Å². The highest BCUT2D eigenvalue weighted by Gasteiger charge is 2.28. The molecule has 0 N–H and O–H groups in total. The molecule has 0 bridgehead atoms. The number of hydrogen-bond acceptors (Lipinski definition) is 10. The number of anilines is 2. The van der Waals surface area contributed by atoms with Gasteiger partial charge in [-0.2, -0.15) is 0 Å². The lowest BCUT2D eigenvalue weighted by Gasteiger charge is -2.28. The van der Waals surface area contributed by atoms with Crippen LogP contribution < -0.4 is 9.64 Å². The molecule has 1 aromatic carbocycles. The summed E-state index contributed by atoms with van der Waals surface area (Å²) in [5.41, 5.74) is 2.00. The van der Waals surface area contributed by atoms with Crippen molar-refractivity contribution in [3.8, 4) is 17.6 Å². The van der Waals surface area contributed by atoms with Crippen molar-refractivity contribution in [2.24, 2.45) is 0 Å². The second-order valence-electron chi connectivity index (χ2n) is 11.2. The molecule has 1 aliphatic rings. The van der Waals surface area contributed by atoms with Gasteiger partial charge in [-0.1, -0.05) is 23.4 Å². The monoisotopic (exact) mass is 643 g/mol. The summed E-state index contributed by atoms with van der Waals surface area (Å²) in [6.45, 7) is 8.31. The Kier molecular flexibility index (Phi) is 10.7. The van der Waals surface area contributed by atoms with Crippen LogP contribution >= 0.6 is 22.9 Å². The molecule has 2 aromatic heterocycles. The number of fused-ring (bicyclic) bond motifs is 1. The highest BCUT2D eigenvalue weighted by Crippen LogP contribution is 2.38. The van der Waals surface area contributed by atoms with E-state index in [4.69, 9.17) is 25.8 Å². The summed E-state index contributed by atoms with van der Waals surface area (Å²) in [5.74, 6) is 5.41. The lowest BCUT2D eigenvalue weighted by atomic mass is 10.0. The first-order chi connectivity index (χ1) is 20.9. The summed E-state index contributed by atoms with van der Waals surface area (Å²) in [7, 11) is 2.90. The first-order valence-electron chi connectivity index (χ1n) is 14.1. The molecule has 0 aliphatic carbocycles. The van der Waals surface area contributed by atoms with Gasteiger partial charge in [-0.05, 0) is 77.1 Å². The van der Waals surface area contributed by atoms with Crippen molar-refractivity contribution in [3.05, 3.63) is 56.4 Å². The van der Waals surface area contributed by atoms with Crippen LogP contribution in [-0.4, -0.2) is 71.6 Å². The predicted molar refractivity (Wildman–Crippen MR) is 167 cm³/mol. The lowest BCUT2D eigenvalue weighted by Crippen LogP contribution is -2.34. The fourth-order valence-corrected chi connectivity index (χ4v) is 5.67. The van der Waals surface area contributed by atoms with Crippen molar-refractivity contribution < 1.29 is 28.2 Å². The number of carbonyl (C=O) groups excluding carboxylic acids is 2. The number of amides is 1. The van der Waals surface area contributed by atoms with E-state index in [-0.39, 0.29) is 24.6 Å². The Morgan fingerprint density at radius 2 is 2.02 bits per heavy atom. The van der Waals surface area contributed by atoms with Gasteiger partial charge in [0.2, 0.25) is 0 Å². The number of ether oxygens (including phenoxy) is 3. The van der Waals surface area contributed by atoms with Crippen LogP contribution in [0, 0.1) is 24.6 Å². The summed E-state index contributed by atoms with van der Waals surface area (Å²) in [6, 6.07) is 4.46. The molecule has 1 aliphatic heterocycles. The minimum atomic E-state index is -0.602. The average Bonchev–Trinajstić information content (AvgIpc) is 3.40. The number of thiazole rings is 1. The number of aromatic nitrogens is 3. The zero-order valence-electron chi connectivity index (χ0n) is 25.6. The molecule has 13 heteroatoms. The molecule has 10 nitrogen and oxygen atoms in total. The maximum absolute atomic E-state index is 14.7. The summed E-state index contributed by atoms with van der Waals surface area (Å²) in [5, 5.41) is 9.39. The minimum Gasteiger partial charge on any atom is -0.491 e. The quantitative estimate of drug-likeness (QED) is 0.163. The Morgan fingerprint density at radius 3 is 2.73 bits per heavy atom. The van der Waals surface area contributed by atoms with Crippen LogP contribution in [0.1, 0.15) is 65.7 Å². The van der Waals surface area contributed by atoms with Crippen LogP contribution in [0.25, 0.3) is 0 Å². The van der Waals surface area contributed by atoms with E-state index in [2.05, 4.69) is 27.0 Å². The number of aryl methyl sites for hydroxylation is 1. The molecule has 0 spiro atoms. The lowest BCUT2D eigenvalue weighted by molar-refractivity contribution is 0.0320. The van der Waals surface area contributed by atoms with Crippen molar-refractivity contribution in [2.75, 3.05) is 38.8 Å². The number of methoxy groups -OCH3 is 1. The van der Waals surface area contributed by atoms with Gasteiger partial charge in [0.25, 0.3) is 0 Å². The largest absolute Gasteiger partial charge is 0.491 e. The van der Waals surface area contributed by atoms with E-state index in [1.807, 2.05) is 11.8 Å². The van der Waals surface area contributed by atoms with Crippen molar-refractivity contribution >= 4 is 45.9 Å². The van der Waals surface area contributed by atoms with Crippen molar-refractivity contribution in [1.29, 1.82) is 0 Å². The minimum absolute atomic E-state index is 0.0946. The molecule has 4 rings (SSSR count). The first kappa shape index (κ1) is 33.0. The van der Waals surface area contributed by atoms with Crippen LogP contribution in [0.2, 0.25) is 5.15 Å². The van der Waals surface area contributed by atoms with Gasteiger partial charge in [0, 0.05) is 29.6 Å². The Labute approximate surface area is 265 Å². The Hall–Kier alpha value is -3.95. The Balaban J connectivity index is 1.37. The second-order valence-corrected chi connectivity index (χ2v) is 12.6. The van der Waals surface area contributed by atoms with Gasteiger partial charge < -0.3 is 24.0 Å². The molecule has 0 radical (unpaired) electrons. The molecule has 234 valence electrons. The second kappa shape index (κ2) is 14.2. The zero-order valence-corrected chi connectivity index (χ0v) is 27.2. The number of esters is 1. The Bertz CT molecular complexity index is 1600. The zero-order chi connectivity index (χ0) is 32.0. The third kappa shape index (κ3) is 8.15. The maximum atomic E-state index is 14.7. The molecular weight excluding hydrogens is 609 g/mol. The van der Waals surface area contributed by atoms with Gasteiger partial charge >= 0.3 is 12.1 Å². The molecule has 44 heavy (non-hydrogen) atoms. The molecule has 0 fully saturated rings. The molecule has 1 amide bonds. The molecule has 3 aromatic rings. The standard InChI is InChI=1S/C31H35ClFN5O5S/c1-19-21-11-8-16-38(27(21)36-35-26(19)32)29-34-25(28(39)41-6)24(44-29)12-9-17-42-23-14-13-20(18-22(23)33)10-7-15-37(5)30(40)43-31(2,3)4/h13-14,18H,8-9,11-12,15-17H2,1-6H3. The van der Waals surface area contributed by atoms with E-state index in [1.165, 1.54) is 35.5 Å². The summed E-state index contributed by atoms with van der Waals surface area (Å²) >= 11 is 7.58. The van der Waals surface area contributed by atoms with Crippen molar-refractivity contribution in [1.82, 2.24) is 20.1 Å². The topological polar surface area (TPSA) is 107 Å². The van der Waals surface area contributed by atoms with Gasteiger partial charge in [0.1, 0.15) is 5.60 Å². The normalized spacial score (nSPS) is 12.6. The number of rotatable bonds is 8. The fourth-order valence-electron chi connectivity index (χ4n) is 4.40. The van der Waals surface area contributed by atoms with E-state index in [9.17, 15) is 14.0 Å². The van der Waals surface area contributed by atoms with E-state index in [0.717, 1.165) is 28.8 Å². The third-order valence-electron chi connectivity index (χ3n) is 6.62. The molecule has 0 unspecified atom stereocenters. The molecule has 3 heterocycles. The summed E-state index contributed by atoms with van der Waals surface area (Å²) in [4.78, 5) is 33.2. The fraction of sp³-hybridized carbons (Fsp3) is 0.452. The Morgan fingerprint density at radius 1 is 1.25 bits per heavy atom. The molecule has 0 atom stereocenters. The van der Waals surface area contributed by atoms with Gasteiger partial charge in [0.05, 0.1) is 20.3 Å². The SMILES string of the molecule is COC(=O)c1nc(N2CCCc3c2nnc(Cl)c3C)sc1CCCOc1ccc(C#CCN(C)C(=O)OC(C)(C)C)cc1F. The molecular formula is C31H35ClFN5O5S. The number of carbonyl (C=O) groups is 2. The van der Waals surface area contributed by atoms with Crippen LogP contribution in [0.3, 0.4) is 0 Å². The molecule has 0 saturated heterocycles. The highest BCUT2D eigenvalue weighted by molar-refractivity contribution is 7.16. The number of nitrogens with zero attached hydrogens (tertiary/aromatic N) is 5. The van der Waals surface area contributed by atoms with Crippen LogP contribution in [0.15, 0.2) is 18.2 Å². The predicted octanol–water partition coefficient (Wildman–Crippen LogP) is 6.13. The van der Waals surface area contributed by atoms with E-state index in [0.29, 0.717) is 41.1 Å². The van der Waals surface area contributed by atoms with Gasteiger partial charge in [-0.3, -0.25) is 0 Å².